The van der Waals surface area contributed by atoms with E-state index in [9.17, 15) is 9.59 Å². The number of urea groups is 1. The summed E-state index contributed by atoms with van der Waals surface area (Å²) >= 11 is 0. The maximum atomic E-state index is 11.8. The fourth-order valence-electron chi connectivity index (χ4n) is 1.50. The van der Waals surface area contributed by atoms with Crippen molar-refractivity contribution in [1.29, 1.82) is 5.26 Å². The van der Waals surface area contributed by atoms with Crippen LogP contribution in [0.15, 0.2) is 18.2 Å². The van der Waals surface area contributed by atoms with Gasteiger partial charge in [-0.25, -0.2) is 4.79 Å². The zero-order valence-corrected chi connectivity index (χ0v) is 12.1. The normalized spacial score (nSPS) is 11.0. The van der Waals surface area contributed by atoms with Gasteiger partial charge in [-0.15, -0.1) is 0 Å². The molecule has 1 rings (SSSR count). The average Bonchev–Trinajstić information content (AvgIpc) is 2.47. The van der Waals surface area contributed by atoms with Crippen molar-refractivity contribution in [2.45, 2.75) is 20.0 Å². The average molecular weight is 291 g/mol. The maximum absolute atomic E-state index is 11.8. The molecule has 0 aliphatic rings. The molecule has 0 saturated carbocycles. The molecule has 0 aliphatic heterocycles. The summed E-state index contributed by atoms with van der Waals surface area (Å²) in [6, 6.07) is 5.99. The molecule has 112 valence electrons. The highest BCUT2D eigenvalue weighted by molar-refractivity contribution is 5.96. The maximum Gasteiger partial charge on any atom is 0.321 e. The van der Waals surface area contributed by atoms with Crippen LogP contribution in [0.3, 0.4) is 0 Å². The fraction of sp³-hybridized carbons (Fsp3) is 0.357. The van der Waals surface area contributed by atoms with Gasteiger partial charge >= 0.3 is 6.03 Å². The van der Waals surface area contributed by atoms with E-state index in [0.29, 0.717) is 23.6 Å². The zero-order chi connectivity index (χ0) is 15.8. The Kier molecular flexibility index (Phi) is 6.01. The molecule has 0 heterocycles. The van der Waals surface area contributed by atoms with Crippen molar-refractivity contribution < 1.29 is 19.1 Å². The van der Waals surface area contributed by atoms with Crippen LogP contribution in [0, 0.1) is 11.3 Å². The fourth-order valence-corrected chi connectivity index (χ4v) is 1.50. The first-order valence-corrected chi connectivity index (χ1v) is 6.35. The number of nitrogens with zero attached hydrogens (tertiary/aromatic N) is 1. The second-order valence-electron chi connectivity index (χ2n) is 4.09. The molecule has 0 bridgehead atoms. The SMILES string of the molecule is CCNC(=O)NC(=O)C(C)Oc1ccc(C#N)cc1OC. The molecular weight excluding hydrogens is 274 g/mol. The van der Waals surface area contributed by atoms with Crippen LogP contribution in [0.5, 0.6) is 11.5 Å². The second-order valence-corrected chi connectivity index (χ2v) is 4.09. The summed E-state index contributed by atoms with van der Waals surface area (Å²) in [7, 11) is 1.43. The molecule has 0 saturated heterocycles. The number of hydrogen-bond donors (Lipinski definition) is 2. The van der Waals surface area contributed by atoms with E-state index in [-0.39, 0.29) is 0 Å². The summed E-state index contributed by atoms with van der Waals surface area (Å²) < 4.78 is 10.6. The zero-order valence-electron chi connectivity index (χ0n) is 12.1. The smallest absolute Gasteiger partial charge is 0.321 e. The first-order chi connectivity index (χ1) is 10.0. The van der Waals surface area contributed by atoms with E-state index in [4.69, 9.17) is 14.7 Å². The van der Waals surface area contributed by atoms with E-state index < -0.39 is 18.0 Å². The number of methoxy groups -OCH3 is 1. The third kappa shape index (κ3) is 4.69. The number of benzene rings is 1. The topological polar surface area (TPSA) is 100 Å². The molecule has 3 amide bonds. The lowest BCUT2D eigenvalue weighted by Crippen LogP contribution is -2.45. The summed E-state index contributed by atoms with van der Waals surface area (Å²) in [4.78, 5) is 23.0. The molecule has 7 heteroatoms. The minimum atomic E-state index is -0.894. The van der Waals surface area contributed by atoms with E-state index in [2.05, 4.69) is 10.6 Å². The molecule has 1 aromatic rings. The Morgan fingerprint density at radius 1 is 1.38 bits per heavy atom. The van der Waals surface area contributed by atoms with Crippen LogP contribution in [0.1, 0.15) is 19.4 Å². The lowest BCUT2D eigenvalue weighted by molar-refractivity contribution is -0.126. The van der Waals surface area contributed by atoms with E-state index in [1.807, 2.05) is 6.07 Å². The van der Waals surface area contributed by atoms with Crippen LogP contribution in [-0.4, -0.2) is 31.7 Å². The van der Waals surface area contributed by atoms with Gasteiger partial charge in [0, 0.05) is 12.6 Å². The predicted molar refractivity (Wildman–Crippen MR) is 75.0 cm³/mol. The van der Waals surface area contributed by atoms with Gasteiger partial charge in [-0.3, -0.25) is 10.1 Å². The standard InChI is InChI=1S/C14H17N3O4/c1-4-16-14(19)17-13(18)9(2)21-11-6-5-10(8-15)7-12(11)20-3/h5-7,9H,4H2,1-3H3,(H2,16,17,18,19). The summed E-state index contributed by atoms with van der Waals surface area (Å²) in [6.45, 7) is 3.66. The molecule has 1 atom stereocenters. The van der Waals surface area contributed by atoms with Crippen molar-refractivity contribution in [3.05, 3.63) is 23.8 Å². The minimum Gasteiger partial charge on any atom is -0.493 e. The number of nitriles is 1. The molecule has 0 fully saturated rings. The van der Waals surface area contributed by atoms with Crippen LogP contribution in [0.25, 0.3) is 0 Å². The molecule has 2 N–H and O–H groups in total. The molecule has 1 aromatic carbocycles. The Morgan fingerprint density at radius 3 is 2.67 bits per heavy atom. The van der Waals surface area contributed by atoms with Crippen molar-refractivity contribution in [1.82, 2.24) is 10.6 Å². The monoisotopic (exact) mass is 291 g/mol. The van der Waals surface area contributed by atoms with E-state index in [1.54, 1.807) is 13.0 Å². The van der Waals surface area contributed by atoms with Gasteiger partial charge in [0.25, 0.3) is 5.91 Å². The van der Waals surface area contributed by atoms with E-state index in [1.165, 1.54) is 26.2 Å². The molecule has 21 heavy (non-hydrogen) atoms. The number of carbonyl (C=O) groups excluding carboxylic acids is 2. The molecule has 0 aliphatic carbocycles. The van der Waals surface area contributed by atoms with Gasteiger partial charge in [-0.1, -0.05) is 0 Å². The Bertz CT molecular complexity index is 566. The van der Waals surface area contributed by atoms with Crippen molar-refractivity contribution >= 4 is 11.9 Å². The van der Waals surface area contributed by atoms with Crippen LogP contribution in [-0.2, 0) is 4.79 Å². The van der Waals surface area contributed by atoms with Crippen molar-refractivity contribution in [3.8, 4) is 17.6 Å². The quantitative estimate of drug-likeness (QED) is 0.848. The highest BCUT2D eigenvalue weighted by Gasteiger charge is 2.19. The van der Waals surface area contributed by atoms with Crippen LogP contribution >= 0.6 is 0 Å². The Labute approximate surface area is 122 Å². The molecule has 1 unspecified atom stereocenters. The Morgan fingerprint density at radius 2 is 2.10 bits per heavy atom. The molecule has 0 aromatic heterocycles. The number of rotatable bonds is 5. The third-order valence-electron chi connectivity index (χ3n) is 2.54. The number of imide groups is 1. The highest BCUT2D eigenvalue weighted by atomic mass is 16.5. The molecule has 0 spiro atoms. The van der Waals surface area contributed by atoms with Gasteiger partial charge in [-0.2, -0.15) is 5.26 Å². The van der Waals surface area contributed by atoms with Gasteiger partial charge in [-0.05, 0) is 26.0 Å². The van der Waals surface area contributed by atoms with Crippen LogP contribution in [0.2, 0.25) is 0 Å². The lowest BCUT2D eigenvalue weighted by Gasteiger charge is -2.16. The Balaban J connectivity index is 2.74. The number of nitrogens with one attached hydrogen (secondary N) is 2. The summed E-state index contributed by atoms with van der Waals surface area (Å²) in [5.74, 6) is 0.0779. The lowest BCUT2D eigenvalue weighted by atomic mass is 10.2. The molecular formula is C14H17N3O4. The van der Waals surface area contributed by atoms with Crippen molar-refractivity contribution in [2.24, 2.45) is 0 Å². The summed E-state index contributed by atoms with van der Waals surface area (Å²) in [5, 5.41) is 13.4. The van der Waals surface area contributed by atoms with Crippen molar-refractivity contribution in [3.63, 3.8) is 0 Å². The number of amides is 3. The first kappa shape index (κ1) is 16.3. The number of hydrogen-bond acceptors (Lipinski definition) is 5. The summed E-state index contributed by atoms with van der Waals surface area (Å²) in [5.41, 5.74) is 0.415. The van der Waals surface area contributed by atoms with Gasteiger partial charge in [0.15, 0.2) is 17.6 Å². The van der Waals surface area contributed by atoms with E-state index >= 15 is 0 Å². The number of carbonyl (C=O) groups is 2. The molecule has 7 nitrogen and oxygen atoms in total. The minimum absolute atomic E-state index is 0.315. The first-order valence-electron chi connectivity index (χ1n) is 6.35. The van der Waals surface area contributed by atoms with Gasteiger partial charge in [0.05, 0.1) is 18.7 Å². The highest BCUT2D eigenvalue weighted by Crippen LogP contribution is 2.28. The van der Waals surface area contributed by atoms with Gasteiger partial charge < -0.3 is 14.8 Å². The van der Waals surface area contributed by atoms with Crippen LogP contribution in [0.4, 0.5) is 4.79 Å². The van der Waals surface area contributed by atoms with Crippen LogP contribution < -0.4 is 20.1 Å². The second kappa shape index (κ2) is 7.75. The van der Waals surface area contributed by atoms with E-state index in [0.717, 1.165) is 0 Å². The molecule has 0 radical (unpaired) electrons. The van der Waals surface area contributed by atoms with Crippen molar-refractivity contribution in [2.75, 3.05) is 13.7 Å². The largest absolute Gasteiger partial charge is 0.493 e. The Hall–Kier alpha value is -2.75. The summed E-state index contributed by atoms with van der Waals surface area (Å²) in [6.07, 6.45) is -0.894. The van der Waals surface area contributed by atoms with Gasteiger partial charge in [0.2, 0.25) is 0 Å². The van der Waals surface area contributed by atoms with Gasteiger partial charge in [0.1, 0.15) is 0 Å². The number of ether oxygens (including phenoxy) is 2. The third-order valence-corrected chi connectivity index (χ3v) is 2.54. The predicted octanol–water partition coefficient (Wildman–Crippen LogP) is 1.18.